The Morgan fingerprint density at radius 3 is 2.63 bits per heavy atom. The van der Waals surface area contributed by atoms with Crippen LogP contribution >= 0.6 is 0 Å². The molecule has 19 heavy (non-hydrogen) atoms. The maximum atomic E-state index is 12.4. The smallest absolute Gasteiger partial charge is 0.320 e. The number of carbonyl (C=O) groups is 1. The number of likely N-dealkylation sites (tertiary alicyclic amines) is 1. The number of nitrogens with one attached hydrogen (secondary N) is 1. The Hall–Kier alpha value is -0.810. The highest BCUT2D eigenvalue weighted by Gasteiger charge is 2.30. The molecule has 0 spiro atoms. The molecule has 0 bridgehead atoms. The number of carbonyl (C=O) groups excluding carboxylic acids is 1. The van der Waals surface area contributed by atoms with Crippen LogP contribution in [0.5, 0.6) is 0 Å². The van der Waals surface area contributed by atoms with Crippen molar-refractivity contribution in [3.05, 3.63) is 0 Å². The van der Waals surface area contributed by atoms with Gasteiger partial charge in [-0.3, -0.25) is 0 Å². The second-order valence-electron chi connectivity index (χ2n) is 5.65. The first kappa shape index (κ1) is 14.6. The normalized spacial score (nSPS) is 28.5. The van der Waals surface area contributed by atoms with Gasteiger partial charge in [0.2, 0.25) is 0 Å². The van der Waals surface area contributed by atoms with Gasteiger partial charge in [0.15, 0.2) is 0 Å². The summed E-state index contributed by atoms with van der Waals surface area (Å²) in [5, 5.41) is 3.59. The van der Waals surface area contributed by atoms with Gasteiger partial charge in [-0.25, -0.2) is 4.79 Å². The summed E-state index contributed by atoms with van der Waals surface area (Å²) in [5.41, 5.74) is 0. The third-order valence-corrected chi connectivity index (χ3v) is 4.11. The van der Waals surface area contributed by atoms with Gasteiger partial charge in [-0.05, 0) is 25.3 Å². The van der Waals surface area contributed by atoms with E-state index in [1.54, 1.807) is 0 Å². The molecule has 2 atom stereocenters. The molecule has 0 aliphatic carbocycles. The van der Waals surface area contributed by atoms with Gasteiger partial charge in [-0.2, -0.15) is 0 Å². The van der Waals surface area contributed by atoms with Gasteiger partial charge in [-0.1, -0.05) is 13.8 Å². The summed E-state index contributed by atoms with van der Waals surface area (Å²) < 4.78 is 5.30. The van der Waals surface area contributed by atoms with E-state index < -0.39 is 0 Å². The van der Waals surface area contributed by atoms with E-state index in [0.717, 1.165) is 39.1 Å². The van der Waals surface area contributed by atoms with Crippen LogP contribution in [0.3, 0.4) is 0 Å². The molecule has 2 rings (SSSR count). The van der Waals surface area contributed by atoms with Crippen molar-refractivity contribution in [2.24, 2.45) is 5.92 Å². The summed E-state index contributed by atoms with van der Waals surface area (Å²) in [6.45, 7) is 10.1. The van der Waals surface area contributed by atoms with E-state index in [1.807, 2.05) is 9.80 Å². The Balaban J connectivity index is 1.81. The SMILES string of the molecule is CCCNC1CCN(C(=O)N2CCOCC2)CC1C. The number of nitrogens with zero attached hydrogens (tertiary/aromatic N) is 2. The fourth-order valence-electron chi connectivity index (χ4n) is 2.91. The van der Waals surface area contributed by atoms with E-state index in [9.17, 15) is 4.79 Å². The second-order valence-corrected chi connectivity index (χ2v) is 5.65. The lowest BCUT2D eigenvalue weighted by atomic mass is 9.94. The zero-order valence-corrected chi connectivity index (χ0v) is 12.2. The quantitative estimate of drug-likeness (QED) is 0.836. The fraction of sp³-hybridized carbons (Fsp3) is 0.929. The Labute approximate surface area is 116 Å². The maximum Gasteiger partial charge on any atom is 0.320 e. The molecule has 2 unspecified atom stereocenters. The number of ether oxygens (including phenoxy) is 1. The number of hydrogen-bond acceptors (Lipinski definition) is 3. The van der Waals surface area contributed by atoms with Crippen molar-refractivity contribution >= 4 is 6.03 Å². The van der Waals surface area contributed by atoms with Crippen molar-refractivity contribution in [3.8, 4) is 0 Å². The van der Waals surface area contributed by atoms with Crippen LogP contribution in [-0.2, 0) is 4.74 Å². The highest BCUT2D eigenvalue weighted by molar-refractivity contribution is 5.74. The largest absolute Gasteiger partial charge is 0.378 e. The molecule has 2 fully saturated rings. The van der Waals surface area contributed by atoms with Crippen LogP contribution in [0.1, 0.15) is 26.7 Å². The lowest BCUT2D eigenvalue weighted by Crippen LogP contribution is -2.55. The molecule has 2 saturated heterocycles. The average Bonchev–Trinajstić information content (AvgIpc) is 2.46. The first-order chi connectivity index (χ1) is 9.22. The first-order valence-electron chi connectivity index (χ1n) is 7.57. The molecular weight excluding hydrogens is 242 g/mol. The standard InChI is InChI=1S/C14H27N3O2/c1-3-5-15-13-4-6-17(11-12(13)2)14(18)16-7-9-19-10-8-16/h12-13,15H,3-11H2,1-2H3. The summed E-state index contributed by atoms with van der Waals surface area (Å²) in [6.07, 6.45) is 2.23. The molecule has 1 N–H and O–H groups in total. The van der Waals surface area contributed by atoms with Gasteiger partial charge in [0.05, 0.1) is 13.2 Å². The third-order valence-electron chi connectivity index (χ3n) is 4.11. The monoisotopic (exact) mass is 269 g/mol. The van der Waals surface area contributed by atoms with E-state index in [-0.39, 0.29) is 6.03 Å². The zero-order valence-electron chi connectivity index (χ0n) is 12.2. The molecule has 2 amide bonds. The van der Waals surface area contributed by atoms with Crippen molar-refractivity contribution in [2.45, 2.75) is 32.7 Å². The van der Waals surface area contributed by atoms with Crippen molar-refractivity contribution < 1.29 is 9.53 Å². The molecule has 2 aliphatic heterocycles. The first-order valence-corrected chi connectivity index (χ1v) is 7.57. The molecule has 0 radical (unpaired) electrons. The van der Waals surface area contributed by atoms with Crippen molar-refractivity contribution in [1.82, 2.24) is 15.1 Å². The summed E-state index contributed by atoms with van der Waals surface area (Å²) in [4.78, 5) is 16.3. The van der Waals surface area contributed by atoms with Crippen LogP contribution in [0.25, 0.3) is 0 Å². The predicted octanol–water partition coefficient (Wildman–Crippen LogP) is 1.15. The Morgan fingerprint density at radius 1 is 1.26 bits per heavy atom. The molecule has 110 valence electrons. The average molecular weight is 269 g/mol. The molecule has 0 aromatic carbocycles. The highest BCUT2D eigenvalue weighted by Crippen LogP contribution is 2.18. The Kier molecular flexibility index (Phi) is 5.45. The molecule has 2 heterocycles. The van der Waals surface area contributed by atoms with Gasteiger partial charge >= 0.3 is 6.03 Å². The summed E-state index contributed by atoms with van der Waals surface area (Å²) in [5.74, 6) is 0.533. The molecule has 0 saturated carbocycles. The van der Waals surface area contributed by atoms with Crippen LogP contribution in [0.2, 0.25) is 0 Å². The van der Waals surface area contributed by atoms with Gasteiger partial charge in [-0.15, -0.1) is 0 Å². The van der Waals surface area contributed by atoms with E-state index in [4.69, 9.17) is 4.74 Å². The highest BCUT2D eigenvalue weighted by atomic mass is 16.5. The molecule has 0 aromatic rings. The van der Waals surface area contributed by atoms with Crippen molar-refractivity contribution in [2.75, 3.05) is 45.9 Å². The van der Waals surface area contributed by atoms with Gasteiger partial charge in [0.25, 0.3) is 0 Å². The Morgan fingerprint density at radius 2 is 2.00 bits per heavy atom. The van der Waals surface area contributed by atoms with E-state index in [1.165, 1.54) is 6.42 Å². The summed E-state index contributed by atoms with van der Waals surface area (Å²) in [7, 11) is 0. The van der Waals surface area contributed by atoms with Crippen LogP contribution in [0.4, 0.5) is 4.79 Å². The van der Waals surface area contributed by atoms with Crippen molar-refractivity contribution in [3.63, 3.8) is 0 Å². The number of morpholine rings is 1. The lowest BCUT2D eigenvalue weighted by Gasteiger charge is -2.40. The summed E-state index contributed by atoms with van der Waals surface area (Å²) in [6, 6.07) is 0.762. The molecule has 0 aromatic heterocycles. The Bertz CT molecular complexity index is 292. The fourth-order valence-corrected chi connectivity index (χ4v) is 2.91. The molecule has 5 heteroatoms. The van der Waals surface area contributed by atoms with Crippen molar-refractivity contribution in [1.29, 1.82) is 0 Å². The van der Waals surface area contributed by atoms with Gasteiger partial charge in [0, 0.05) is 32.2 Å². The van der Waals surface area contributed by atoms with Gasteiger partial charge in [0.1, 0.15) is 0 Å². The number of amides is 2. The predicted molar refractivity (Wildman–Crippen MR) is 75.2 cm³/mol. The maximum absolute atomic E-state index is 12.4. The zero-order chi connectivity index (χ0) is 13.7. The van der Waals surface area contributed by atoms with Crippen LogP contribution in [-0.4, -0.2) is 67.8 Å². The third kappa shape index (κ3) is 3.83. The van der Waals surface area contributed by atoms with E-state index in [2.05, 4.69) is 19.2 Å². The molecule has 5 nitrogen and oxygen atoms in total. The minimum absolute atomic E-state index is 0.198. The number of piperidine rings is 1. The van der Waals surface area contributed by atoms with Gasteiger partial charge < -0.3 is 19.9 Å². The van der Waals surface area contributed by atoms with Crippen LogP contribution in [0.15, 0.2) is 0 Å². The lowest BCUT2D eigenvalue weighted by molar-refractivity contribution is 0.0378. The van der Waals surface area contributed by atoms with E-state index in [0.29, 0.717) is 25.2 Å². The summed E-state index contributed by atoms with van der Waals surface area (Å²) >= 11 is 0. The van der Waals surface area contributed by atoms with Crippen LogP contribution in [0, 0.1) is 5.92 Å². The van der Waals surface area contributed by atoms with E-state index >= 15 is 0 Å². The minimum Gasteiger partial charge on any atom is -0.378 e. The second kappa shape index (κ2) is 7.10. The number of hydrogen-bond donors (Lipinski definition) is 1. The molecular formula is C14H27N3O2. The number of urea groups is 1. The van der Waals surface area contributed by atoms with Crippen LogP contribution < -0.4 is 5.32 Å². The number of rotatable bonds is 3. The minimum atomic E-state index is 0.198. The molecule has 2 aliphatic rings. The topological polar surface area (TPSA) is 44.8 Å².